The Morgan fingerprint density at radius 1 is 1.25 bits per heavy atom. The molecule has 0 spiro atoms. The summed E-state index contributed by atoms with van der Waals surface area (Å²) in [6.45, 7) is 3.06. The van der Waals surface area contributed by atoms with Crippen molar-refractivity contribution < 1.29 is 16.8 Å². The van der Waals surface area contributed by atoms with E-state index in [0.717, 1.165) is 12.6 Å². The van der Waals surface area contributed by atoms with Gasteiger partial charge in [-0.25, -0.2) is 26.7 Å². The fourth-order valence-electron chi connectivity index (χ4n) is 2.11. The number of hydrogen-bond acceptors (Lipinski definition) is 5. The molecule has 7 nitrogen and oxygen atoms in total. The monoisotopic (exact) mass is 319 g/mol. The van der Waals surface area contributed by atoms with E-state index in [0.29, 0.717) is 13.0 Å². The topological polar surface area (TPSA) is 118 Å². The van der Waals surface area contributed by atoms with Crippen LogP contribution in [-0.2, 0) is 20.0 Å². The second-order valence-electron chi connectivity index (χ2n) is 5.11. The van der Waals surface area contributed by atoms with Gasteiger partial charge in [0.1, 0.15) is 0 Å². The zero-order valence-electron chi connectivity index (χ0n) is 11.0. The molecule has 1 aromatic carbocycles. The molecule has 1 fully saturated rings. The van der Waals surface area contributed by atoms with Gasteiger partial charge in [0.25, 0.3) is 0 Å². The van der Waals surface area contributed by atoms with Gasteiger partial charge in [0.2, 0.25) is 20.0 Å². The number of hydrogen-bond donors (Lipinski definition) is 3. The van der Waals surface area contributed by atoms with Crippen LogP contribution in [0.5, 0.6) is 0 Å². The van der Waals surface area contributed by atoms with Crippen LogP contribution in [0.15, 0.2) is 34.1 Å². The number of sulfonamides is 2. The maximum absolute atomic E-state index is 12.3. The molecule has 0 bridgehead atoms. The van der Waals surface area contributed by atoms with Gasteiger partial charge in [-0.15, -0.1) is 0 Å². The summed E-state index contributed by atoms with van der Waals surface area (Å²) in [5.41, 5.74) is -0.573. The van der Waals surface area contributed by atoms with Crippen LogP contribution in [0.2, 0.25) is 0 Å². The minimum Gasteiger partial charge on any atom is -0.315 e. The molecule has 0 saturated carbocycles. The molecular formula is C11H17N3O4S2. The maximum Gasteiger partial charge on any atom is 0.241 e. The molecular weight excluding hydrogens is 302 g/mol. The molecule has 1 atom stereocenters. The summed E-state index contributed by atoms with van der Waals surface area (Å²) in [6, 6.07) is 5.00. The quantitative estimate of drug-likeness (QED) is 0.682. The van der Waals surface area contributed by atoms with Crippen LogP contribution < -0.4 is 15.2 Å². The Hall–Kier alpha value is -1.00. The van der Waals surface area contributed by atoms with E-state index >= 15 is 0 Å². The summed E-state index contributed by atoms with van der Waals surface area (Å²) >= 11 is 0. The molecule has 1 aliphatic heterocycles. The molecule has 1 aromatic rings. The van der Waals surface area contributed by atoms with E-state index in [1.54, 1.807) is 6.92 Å². The third-order valence-corrected chi connectivity index (χ3v) is 5.74. The molecule has 0 radical (unpaired) electrons. The highest BCUT2D eigenvalue weighted by Gasteiger charge is 2.33. The third kappa shape index (κ3) is 3.36. The number of nitrogens with two attached hydrogens (primary N) is 1. The lowest BCUT2D eigenvalue weighted by atomic mass is 10.0. The van der Waals surface area contributed by atoms with E-state index in [4.69, 9.17) is 5.14 Å². The van der Waals surface area contributed by atoms with E-state index in [9.17, 15) is 16.8 Å². The van der Waals surface area contributed by atoms with Gasteiger partial charge < -0.3 is 5.32 Å². The van der Waals surface area contributed by atoms with Crippen LogP contribution >= 0.6 is 0 Å². The molecule has 1 heterocycles. The number of benzene rings is 1. The lowest BCUT2D eigenvalue weighted by Crippen LogP contribution is -2.47. The zero-order chi connectivity index (χ0) is 15.0. The van der Waals surface area contributed by atoms with Gasteiger partial charge >= 0.3 is 0 Å². The van der Waals surface area contributed by atoms with Crippen molar-refractivity contribution in [1.82, 2.24) is 10.0 Å². The van der Waals surface area contributed by atoms with Gasteiger partial charge in [-0.1, -0.05) is 6.07 Å². The van der Waals surface area contributed by atoms with Gasteiger partial charge in [-0.3, -0.25) is 0 Å². The summed E-state index contributed by atoms with van der Waals surface area (Å²) in [7, 11) is -7.73. The largest absolute Gasteiger partial charge is 0.315 e. The smallest absolute Gasteiger partial charge is 0.241 e. The van der Waals surface area contributed by atoms with Crippen molar-refractivity contribution in [2.75, 3.05) is 13.1 Å². The van der Waals surface area contributed by atoms with Gasteiger partial charge in [-0.2, -0.15) is 0 Å². The molecule has 1 aliphatic rings. The first kappa shape index (κ1) is 15.4. The first-order valence-corrected chi connectivity index (χ1v) is 9.03. The van der Waals surface area contributed by atoms with Crippen molar-refractivity contribution in [3.05, 3.63) is 24.3 Å². The molecule has 0 amide bonds. The van der Waals surface area contributed by atoms with E-state index < -0.39 is 25.6 Å². The number of nitrogens with one attached hydrogen (secondary N) is 2. The first-order chi connectivity index (χ1) is 9.12. The van der Waals surface area contributed by atoms with Crippen molar-refractivity contribution >= 4 is 20.0 Å². The molecule has 0 aliphatic carbocycles. The Morgan fingerprint density at radius 2 is 1.90 bits per heavy atom. The fourth-order valence-corrected chi connectivity index (χ4v) is 4.22. The third-order valence-electron chi connectivity index (χ3n) is 3.19. The van der Waals surface area contributed by atoms with Crippen LogP contribution in [0.25, 0.3) is 0 Å². The number of primary sulfonamides is 1. The van der Waals surface area contributed by atoms with E-state index in [1.807, 2.05) is 0 Å². The van der Waals surface area contributed by atoms with Crippen molar-refractivity contribution in [3.63, 3.8) is 0 Å². The highest BCUT2D eigenvalue weighted by Crippen LogP contribution is 2.20. The summed E-state index contributed by atoms with van der Waals surface area (Å²) in [6.07, 6.45) is 0.668. The summed E-state index contributed by atoms with van der Waals surface area (Å²) in [4.78, 5) is -0.341. The highest BCUT2D eigenvalue weighted by molar-refractivity contribution is 7.90. The second kappa shape index (κ2) is 5.08. The standard InChI is InChI=1S/C11H17N3O4S2/c1-11(5-6-13-8-11)14-20(17,18)10-4-2-3-9(7-10)19(12,15)16/h2-4,7,13-14H,5-6,8H2,1H3,(H2,12,15,16). The minimum atomic E-state index is -3.93. The maximum atomic E-state index is 12.3. The van der Waals surface area contributed by atoms with Crippen molar-refractivity contribution in [2.45, 2.75) is 28.7 Å². The summed E-state index contributed by atoms with van der Waals surface area (Å²) in [5, 5.41) is 8.09. The Bertz CT molecular complexity index is 707. The highest BCUT2D eigenvalue weighted by atomic mass is 32.2. The molecule has 1 saturated heterocycles. The summed E-state index contributed by atoms with van der Waals surface area (Å²) < 4.78 is 49.7. The van der Waals surface area contributed by atoms with E-state index in [-0.39, 0.29) is 9.79 Å². The Balaban J connectivity index is 2.35. The second-order valence-corrected chi connectivity index (χ2v) is 8.36. The first-order valence-electron chi connectivity index (χ1n) is 6.00. The molecule has 2 rings (SSSR count). The average molecular weight is 319 g/mol. The Morgan fingerprint density at radius 3 is 2.45 bits per heavy atom. The molecule has 1 unspecified atom stereocenters. The lowest BCUT2D eigenvalue weighted by molar-refractivity contribution is 0.452. The molecule has 9 heteroatoms. The Labute approximate surface area is 118 Å². The molecule has 0 aromatic heterocycles. The van der Waals surface area contributed by atoms with Crippen LogP contribution in [0.4, 0.5) is 0 Å². The van der Waals surface area contributed by atoms with E-state index in [1.165, 1.54) is 18.2 Å². The molecule has 112 valence electrons. The van der Waals surface area contributed by atoms with Gasteiger partial charge in [0.15, 0.2) is 0 Å². The van der Waals surface area contributed by atoms with Crippen LogP contribution in [0.3, 0.4) is 0 Å². The zero-order valence-corrected chi connectivity index (χ0v) is 12.6. The predicted octanol–water partition coefficient (Wildman–Crippen LogP) is -0.636. The Kier molecular flexibility index (Phi) is 3.91. The molecule has 20 heavy (non-hydrogen) atoms. The van der Waals surface area contributed by atoms with Gasteiger partial charge in [-0.05, 0) is 38.1 Å². The van der Waals surface area contributed by atoms with Crippen LogP contribution in [0, 0.1) is 0 Å². The van der Waals surface area contributed by atoms with Crippen LogP contribution in [0.1, 0.15) is 13.3 Å². The normalized spacial score (nSPS) is 23.9. The van der Waals surface area contributed by atoms with Gasteiger partial charge in [0.05, 0.1) is 9.79 Å². The predicted molar refractivity (Wildman–Crippen MR) is 74.0 cm³/mol. The van der Waals surface area contributed by atoms with Crippen LogP contribution in [-0.4, -0.2) is 35.5 Å². The van der Waals surface area contributed by atoms with Gasteiger partial charge in [0, 0.05) is 12.1 Å². The van der Waals surface area contributed by atoms with Crippen molar-refractivity contribution in [1.29, 1.82) is 0 Å². The number of rotatable bonds is 4. The van der Waals surface area contributed by atoms with Crippen molar-refractivity contribution in [2.24, 2.45) is 5.14 Å². The SMILES string of the molecule is CC1(NS(=O)(=O)c2cccc(S(N)(=O)=O)c2)CCNC1. The molecule has 4 N–H and O–H groups in total. The van der Waals surface area contributed by atoms with Crippen molar-refractivity contribution in [3.8, 4) is 0 Å². The average Bonchev–Trinajstić information content (AvgIpc) is 2.74. The van der Waals surface area contributed by atoms with E-state index in [2.05, 4.69) is 10.0 Å². The summed E-state index contributed by atoms with van der Waals surface area (Å²) in [5.74, 6) is 0. The minimum absolute atomic E-state index is 0.114. The lowest BCUT2D eigenvalue weighted by Gasteiger charge is -2.24. The fraction of sp³-hybridized carbons (Fsp3) is 0.455.